The third-order valence-corrected chi connectivity index (χ3v) is 6.55. The van der Waals surface area contributed by atoms with E-state index in [0.29, 0.717) is 30.7 Å². The molecule has 7 nitrogen and oxygen atoms in total. The Balaban J connectivity index is 1.71. The van der Waals surface area contributed by atoms with E-state index >= 15 is 0 Å². The predicted octanol–water partition coefficient (Wildman–Crippen LogP) is 2.93. The van der Waals surface area contributed by atoms with Crippen molar-refractivity contribution in [2.24, 2.45) is 5.92 Å². The largest absolute Gasteiger partial charge is 0.495 e. The lowest BCUT2D eigenvalue weighted by Crippen LogP contribution is -2.41. The van der Waals surface area contributed by atoms with Gasteiger partial charge in [0.25, 0.3) is 0 Å². The third kappa shape index (κ3) is 4.69. The van der Waals surface area contributed by atoms with E-state index in [1.807, 2.05) is 6.92 Å². The van der Waals surface area contributed by atoms with Crippen LogP contribution in [0.3, 0.4) is 0 Å². The Morgan fingerprint density at radius 2 is 2.04 bits per heavy atom. The van der Waals surface area contributed by atoms with Crippen molar-refractivity contribution in [3.8, 4) is 11.8 Å². The van der Waals surface area contributed by atoms with Gasteiger partial charge in [-0.2, -0.15) is 4.31 Å². The van der Waals surface area contributed by atoms with E-state index in [4.69, 9.17) is 21.1 Å². The van der Waals surface area contributed by atoms with E-state index < -0.39 is 10.0 Å². The highest BCUT2D eigenvalue weighted by Gasteiger charge is 2.32. The molecule has 1 aromatic carbocycles. The van der Waals surface area contributed by atoms with Crippen LogP contribution in [0.4, 0.5) is 0 Å². The molecule has 0 saturated carbocycles. The van der Waals surface area contributed by atoms with Crippen molar-refractivity contribution in [1.29, 1.82) is 0 Å². The zero-order valence-corrected chi connectivity index (χ0v) is 16.8. The molecule has 3 rings (SSSR count). The summed E-state index contributed by atoms with van der Waals surface area (Å²) in [5.41, 5.74) is 0.952. The van der Waals surface area contributed by atoms with Crippen LogP contribution in [-0.2, 0) is 10.0 Å². The first-order chi connectivity index (χ1) is 12.9. The summed E-state index contributed by atoms with van der Waals surface area (Å²) in [5.74, 6) is 0.342. The molecule has 0 N–H and O–H groups in total. The second-order valence-corrected chi connectivity index (χ2v) is 8.86. The van der Waals surface area contributed by atoms with Crippen molar-refractivity contribution < 1.29 is 17.9 Å². The maximum atomic E-state index is 13.1. The van der Waals surface area contributed by atoms with Crippen molar-refractivity contribution in [2.75, 3.05) is 26.8 Å². The van der Waals surface area contributed by atoms with Crippen LogP contribution in [0.15, 0.2) is 35.5 Å². The van der Waals surface area contributed by atoms with Gasteiger partial charge in [0.2, 0.25) is 10.0 Å². The van der Waals surface area contributed by atoms with Gasteiger partial charge >= 0.3 is 6.01 Å². The van der Waals surface area contributed by atoms with E-state index in [1.165, 1.54) is 17.5 Å². The van der Waals surface area contributed by atoms with E-state index in [9.17, 15) is 8.42 Å². The molecule has 1 unspecified atom stereocenters. The zero-order valence-electron chi connectivity index (χ0n) is 15.3. The van der Waals surface area contributed by atoms with Gasteiger partial charge in [-0.05, 0) is 43.5 Å². The second-order valence-electron chi connectivity index (χ2n) is 6.52. The van der Waals surface area contributed by atoms with Crippen LogP contribution in [0.5, 0.6) is 11.8 Å². The molecule has 2 heterocycles. The van der Waals surface area contributed by atoms with Crippen LogP contribution < -0.4 is 9.47 Å². The minimum Gasteiger partial charge on any atom is -0.495 e. The molecule has 0 spiro atoms. The highest BCUT2D eigenvalue weighted by Crippen LogP contribution is 2.32. The number of hydrogen-bond acceptors (Lipinski definition) is 6. The number of aryl methyl sites for hydroxylation is 1. The van der Waals surface area contributed by atoms with Crippen LogP contribution >= 0.6 is 11.6 Å². The maximum Gasteiger partial charge on any atom is 0.316 e. The summed E-state index contributed by atoms with van der Waals surface area (Å²) in [6.07, 6.45) is 5.01. The average Bonchev–Trinajstić information content (AvgIpc) is 2.68. The van der Waals surface area contributed by atoms with Gasteiger partial charge in [-0.25, -0.2) is 18.4 Å². The van der Waals surface area contributed by atoms with Crippen molar-refractivity contribution in [3.05, 3.63) is 41.2 Å². The molecule has 146 valence electrons. The number of sulfonamides is 1. The molecule has 2 aromatic rings. The summed E-state index contributed by atoms with van der Waals surface area (Å²) in [6.45, 7) is 3.08. The topological polar surface area (TPSA) is 81.6 Å². The molecule has 1 aliphatic heterocycles. The first kappa shape index (κ1) is 19.9. The molecule has 0 aliphatic carbocycles. The molecule has 9 heteroatoms. The Bertz CT molecular complexity index is 890. The molecule has 0 radical (unpaired) electrons. The molecular formula is C18H22ClN3O4S. The van der Waals surface area contributed by atoms with Gasteiger partial charge < -0.3 is 9.47 Å². The second kappa shape index (κ2) is 8.41. The van der Waals surface area contributed by atoms with E-state index in [2.05, 4.69) is 9.97 Å². The molecule has 1 fully saturated rings. The van der Waals surface area contributed by atoms with Gasteiger partial charge in [-0.3, -0.25) is 0 Å². The molecule has 0 bridgehead atoms. The van der Waals surface area contributed by atoms with Crippen molar-refractivity contribution in [1.82, 2.24) is 14.3 Å². The van der Waals surface area contributed by atoms with Crippen molar-refractivity contribution >= 4 is 21.6 Å². The smallest absolute Gasteiger partial charge is 0.316 e. The molecule has 1 aliphatic rings. The number of piperidine rings is 1. The number of ether oxygens (including phenoxy) is 2. The first-order valence-corrected chi connectivity index (χ1v) is 10.5. The Morgan fingerprint density at radius 3 is 2.74 bits per heavy atom. The Labute approximate surface area is 164 Å². The Hall–Kier alpha value is -1.90. The summed E-state index contributed by atoms with van der Waals surface area (Å²) in [4.78, 5) is 8.31. The van der Waals surface area contributed by atoms with Gasteiger partial charge in [-0.15, -0.1) is 0 Å². The fourth-order valence-corrected chi connectivity index (χ4v) is 4.99. The minimum absolute atomic E-state index is 0.0589. The van der Waals surface area contributed by atoms with E-state index in [0.717, 1.165) is 18.4 Å². The molecule has 1 aromatic heterocycles. The number of methoxy groups -OCH3 is 1. The Kier molecular flexibility index (Phi) is 6.18. The van der Waals surface area contributed by atoms with Gasteiger partial charge in [-0.1, -0.05) is 11.6 Å². The molecule has 1 atom stereocenters. The van der Waals surface area contributed by atoms with Crippen LogP contribution in [-0.4, -0.2) is 49.5 Å². The lowest BCUT2D eigenvalue weighted by molar-refractivity contribution is 0.171. The van der Waals surface area contributed by atoms with Gasteiger partial charge in [0, 0.05) is 36.4 Å². The predicted molar refractivity (Wildman–Crippen MR) is 102 cm³/mol. The highest BCUT2D eigenvalue weighted by atomic mass is 35.5. The van der Waals surface area contributed by atoms with Crippen molar-refractivity contribution in [2.45, 2.75) is 24.7 Å². The normalized spacial score (nSPS) is 18.3. The summed E-state index contributed by atoms with van der Waals surface area (Å²) in [5, 5.41) is 0.350. The lowest BCUT2D eigenvalue weighted by Gasteiger charge is -2.32. The lowest BCUT2D eigenvalue weighted by atomic mass is 10.0. The summed E-state index contributed by atoms with van der Waals surface area (Å²) in [7, 11) is -2.27. The number of halogens is 1. The summed E-state index contributed by atoms with van der Waals surface area (Å²) in [6, 6.07) is 4.90. The first-order valence-electron chi connectivity index (χ1n) is 8.65. The molecule has 0 amide bonds. The quantitative estimate of drug-likeness (QED) is 0.726. The standard InChI is InChI=1S/C18H22ClN3O4S/c1-13-9-20-18(21-10-13)26-12-14-4-3-7-22(11-14)27(23,24)17-8-15(19)5-6-16(17)25-2/h5-6,8-10,14H,3-4,7,11-12H2,1-2H3. The fraction of sp³-hybridized carbons (Fsp3) is 0.444. The van der Waals surface area contributed by atoms with Crippen LogP contribution in [0.25, 0.3) is 0 Å². The Morgan fingerprint density at radius 1 is 1.30 bits per heavy atom. The SMILES string of the molecule is COc1ccc(Cl)cc1S(=O)(=O)N1CCCC(COc2ncc(C)cn2)C1. The molecule has 27 heavy (non-hydrogen) atoms. The van der Waals surface area contributed by atoms with Gasteiger partial charge in [0.1, 0.15) is 10.6 Å². The van der Waals surface area contributed by atoms with Crippen molar-refractivity contribution in [3.63, 3.8) is 0 Å². The number of hydrogen-bond donors (Lipinski definition) is 0. The molecular weight excluding hydrogens is 390 g/mol. The maximum absolute atomic E-state index is 13.1. The fourth-order valence-electron chi connectivity index (χ4n) is 3.02. The van der Waals surface area contributed by atoms with Gasteiger partial charge in [0.15, 0.2) is 0 Å². The summed E-state index contributed by atoms with van der Waals surface area (Å²) >= 11 is 6.00. The number of benzene rings is 1. The van der Waals surface area contributed by atoms with E-state index in [-0.39, 0.29) is 16.6 Å². The number of aromatic nitrogens is 2. The number of rotatable bonds is 6. The van der Waals surface area contributed by atoms with E-state index in [1.54, 1.807) is 24.5 Å². The zero-order chi connectivity index (χ0) is 19.4. The summed E-state index contributed by atoms with van der Waals surface area (Å²) < 4.78 is 38.5. The highest BCUT2D eigenvalue weighted by molar-refractivity contribution is 7.89. The van der Waals surface area contributed by atoms with Crippen LogP contribution in [0.1, 0.15) is 18.4 Å². The molecule has 1 saturated heterocycles. The monoisotopic (exact) mass is 411 g/mol. The van der Waals surface area contributed by atoms with Gasteiger partial charge in [0.05, 0.1) is 13.7 Å². The third-order valence-electron chi connectivity index (χ3n) is 4.43. The number of nitrogens with zero attached hydrogens (tertiary/aromatic N) is 3. The average molecular weight is 412 g/mol. The van der Waals surface area contributed by atoms with Crippen LogP contribution in [0, 0.1) is 12.8 Å². The minimum atomic E-state index is -3.71. The van der Waals surface area contributed by atoms with Crippen LogP contribution in [0.2, 0.25) is 5.02 Å².